The number of hydrogen-bond acceptors (Lipinski definition) is 4. The van der Waals surface area contributed by atoms with Gasteiger partial charge in [-0.2, -0.15) is 5.26 Å². The molecular formula is C8H8N2O2. The van der Waals surface area contributed by atoms with Crippen LogP contribution in [0.1, 0.15) is 21.9 Å². The third-order valence-electron chi connectivity index (χ3n) is 1.50. The highest BCUT2D eigenvalue weighted by Gasteiger charge is 2.11. The summed E-state index contributed by atoms with van der Waals surface area (Å²) < 4.78 is 5.01. The summed E-state index contributed by atoms with van der Waals surface area (Å²) in [5.41, 5.74) is 5.49. The van der Waals surface area contributed by atoms with Crippen LogP contribution in [-0.4, -0.2) is 12.3 Å². The Hall–Kier alpha value is -1.60. The van der Waals surface area contributed by atoms with E-state index in [-0.39, 0.29) is 18.1 Å². The summed E-state index contributed by atoms with van der Waals surface area (Å²) in [6.07, 6.45) is 0. The van der Waals surface area contributed by atoms with Gasteiger partial charge in [0.2, 0.25) is 5.78 Å². The van der Waals surface area contributed by atoms with Gasteiger partial charge in [-0.05, 0) is 6.92 Å². The fourth-order valence-electron chi connectivity index (χ4n) is 0.831. The van der Waals surface area contributed by atoms with Gasteiger partial charge in [0.15, 0.2) is 5.76 Å². The van der Waals surface area contributed by atoms with Crippen LogP contribution in [0.3, 0.4) is 0 Å². The molecule has 0 bridgehead atoms. The fraction of sp³-hybridized carbons (Fsp3) is 0.250. The van der Waals surface area contributed by atoms with E-state index in [0.717, 1.165) is 0 Å². The van der Waals surface area contributed by atoms with Crippen LogP contribution >= 0.6 is 0 Å². The second kappa shape index (κ2) is 3.20. The minimum absolute atomic E-state index is 0.0994. The third kappa shape index (κ3) is 1.36. The lowest BCUT2D eigenvalue weighted by atomic mass is 10.2. The van der Waals surface area contributed by atoms with Crippen LogP contribution < -0.4 is 5.73 Å². The first-order valence-corrected chi connectivity index (χ1v) is 3.43. The number of carbonyl (C=O) groups excluding carboxylic acids is 1. The summed E-state index contributed by atoms with van der Waals surface area (Å²) in [6, 6.07) is 3.32. The summed E-state index contributed by atoms with van der Waals surface area (Å²) in [6.45, 7) is 1.53. The molecule has 1 rings (SSSR count). The van der Waals surface area contributed by atoms with Crippen LogP contribution in [0.2, 0.25) is 0 Å². The molecule has 0 aliphatic carbocycles. The van der Waals surface area contributed by atoms with E-state index in [2.05, 4.69) is 0 Å². The number of nitrogens with zero attached hydrogens (tertiary/aromatic N) is 1. The van der Waals surface area contributed by atoms with Gasteiger partial charge in [-0.15, -0.1) is 0 Å². The molecule has 4 heteroatoms. The third-order valence-corrected chi connectivity index (χ3v) is 1.50. The Morgan fingerprint density at radius 3 is 2.92 bits per heavy atom. The maximum absolute atomic E-state index is 11.0. The highest BCUT2D eigenvalue weighted by atomic mass is 16.3. The molecule has 0 aliphatic rings. The van der Waals surface area contributed by atoms with E-state index in [1.807, 2.05) is 6.07 Å². The van der Waals surface area contributed by atoms with E-state index < -0.39 is 0 Å². The molecule has 4 nitrogen and oxygen atoms in total. The zero-order valence-corrected chi connectivity index (χ0v) is 6.63. The molecule has 0 atom stereocenters. The Morgan fingerprint density at radius 1 is 1.83 bits per heavy atom. The second-order valence-corrected chi connectivity index (χ2v) is 2.32. The molecule has 0 unspecified atom stereocenters. The smallest absolute Gasteiger partial charge is 0.211 e. The van der Waals surface area contributed by atoms with Gasteiger partial charge in [0.1, 0.15) is 11.8 Å². The molecule has 0 aliphatic heterocycles. The van der Waals surface area contributed by atoms with Crippen LogP contribution in [0.15, 0.2) is 10.5 Å². The van der Waals surface area contributed by atoms with Crippen molar-refractivity contribution < 1.29 is 9.21 Å². The molecule has 62 valence electrons. The lowest BCUT2D eigenvalue weighted by Crippen LogP contribution is -2.12. The van der Waals surface area contributed by atoms with Crippen molar-refractivity contribution in [2.24, 2.45) is 5.73 Å². The van der Waals surface area contributed by atoms with E-state index in [1.54, 1.807) is 6.92 Å². The van der Waals surface area contributed by atoms with Crippen molar-refractivity contribution in [3.8, 4) is 6.07 Å². The summed E-state index contributed by atoms with van der Waals surface area (Å²) >= 11 is 0. The number of ketones is 1. The van der Waals surface area contributed by atoms with Crippen molar-refractivity contribution in [3.05, 3.63) is 23.2 Å². The molecule has 0 amide bonds. The minimum Gasteiger partial charge on any atom is -0.457 e. The first-order chi connectivity index (χ1) is 5.69. The van der Waals surface area contributed by atoms with Crippen molar-refractivity contribution in [2.75, 3.05) is 6.54 Å². The van der Waals surface area contributed by atoms with E-state index in [1.165, 1.54) is 6.07 Å². The van der Waals surface area contributed by atoms with Crippen molar-refractivity contribution in [2.45, 2.75) is 6.92 Å². The normalized spacial score (nSPS) is 9.42. The Bertz CT molecular complexity index is 346. The van der Waals surface area contributed by atoms with Gasteiger partial charge in [0.05, 0.1) is 12.1 Å². The minimum atomic E-state index is -0.292. The van der Waals surface area contributed by atoms with Gasteiger partial charge >= 0.3 is 0 Å². The maximum atomic E-state index is 11.0. The molecule has 1 aromatic heterocycles. The number of furan rings is 1. The molecule has 1 heterocycles. The molecule has 0 spiro atoms. The quantitative estimate of drug-likeness (QED) is 0.649. The SMILES string of the molecule is Cc1oc(C(=O)CN)cc1C#N. The van der Waals surface area contributed by atoms with Crippen LogP contribution in [0.5, 0.6) is 0 Å². The number of rotatable bonds is 2. The molecule has 0 aromatic carbocycles. The number of nitrogens with two attached hydrogens (primary N) is 1. The highest BCUT2D eigenvalue weighted by molar-refractivity contribution is 5.95. The highest BCUT2D eigenvalue weighted by Crippen LogP contribution is 2.13. The van der Waals surface area contributed by atoms with Crippen LogP contribution in [0, 0.1) is 18.3 Å². The maximum Gasteiger partial charge on any atom is 0.211 e. The van der Waals surface area contributed by atoms with E-state index in [9.17, 15) is 4.79 Å². The van der Waals surface area contributed by atoms with Gasteiger partial charge in [0.25, 0.3) is 0 Å². The van der Waals surface area contributed by atoms with Crippen LogP contribution in [0.25, 0.3) is 0 Å². The fourth-order valence-corrected chi connectivity index (χ4v) is 0.831. The number of aryl methyl sites for hydroxylation is 1. The molecule has 0 radical (unpaired) electrons. The molecule has 2 N–H and O–H groups in total. The predicted molar refractivity (Wildman–Crippen MR) is 41.5 cm³/mol. The molecule has 0 fully saturated rings. The van der Waals surface area contributed by atoms with Gasteiger partial charge in [-0.1, -0.05) is 0 Å². The van der Waals surface area contributed by atoms with Crippen molar-refractivity contribution in [3.63, 3.8) is 0 Å². The van der Waals surface area contributed by atoms with E-state index in [0.29, 0.717) is 11.3 Å². The van der Waals surface area contributed by atoms with Gasteiger partial charge in [-0.25, -0.2) is 0 Å². The Morgan fingerprint density at radius 2 is 2.50 bits per heavy atom. The Labute approximate surface area is 69.6 Å². The topological polar surface area (TPSA) is 80.0 Å². The average molecular weight is 164 g/mol. The summed E-state index contributed by atoms with van der Waals surface area (Å²) in [7, 11) is 0. The van der Waals surface area contributed by atoms with Crippen LogP contribution in [-0.2, 0) is 0 Å². The first kappa shape index (κ1) is 8.50. The Balaban J connectivity index is 3.07. The lowest BCUT2D eigenvalue weighted by Gasteiger charge is -1.88. The average Bonchev–Trinajstić information content (AvgIpc) is 2.45. The second-order valence-electron chi connectivity index (χ2n) is 2.32. The summed E-state index contributed by atoms with van der Waals surface area (Å²) in [5.74, 6) is 0.320. The van der Waals surface area contributed by atoms with Crippen molar-refractivity contribution in [1.29, 1.82) is 5.26 Å². The standard InChI is InChI=1S/C8H8N2O2/c1-5-6(3-9)2-8(12-5)7(11)4-10/h2H,4,10H2,1H3. The largest absolute Gasteiger partial charge is 0.457 e. The molecule has 0 saturated carbocycles. The number of carbonyl (C=O) groups is 1. The zero-order chi connectivity index (χ0) is 9.14. The van der Waals surface area contributed by atoms with Crippen LogP contribution in [0.4, 0.5) is 0 Å². The Kier molecular flexibility index (Phi) is 2.26. The monoisotopic (exact) mass is 164 g/mol. The van der Waals surface area contributed by atoms with E-state index in [4.69, 9.17) is 15.4 Å². The van der Waals surface area contributed by atoms with Gasteiger partial charge in [-0.3, -0.25) is 4.79 Å². The predicted octanol–water partition coefficient (Wildman–Crippen LogP) is 0.601. The lowest BCUT2D eigenvalue weighted by molar-refractivity contribution is 0.0974. The molecule has 1 aromatic rings. The number of Topliss-reactive ketones (excluding diaryl/α,β-unsaturated/α-hetero) is 1. The first-order valence-electron chi connectivity index (χ1n) is 3.43. The van der Waals surface area contributed by atoms with E-state index >= 15 is 0 Å². The molecule has 12 heavy (non-hydrogen) atoms. The van der Waals surface area contributed by atoms with Crippen molar-refractivity contribution >= 4 is 5.78 Å². The summed E-state index contributed by atoms with van der Waals surface area (Å²) in [5, 5.41) is 8.53. The van der Waals surface area contributed by atoms with Gasteiger partial charge < -0.3 is 10.2 Å². The zero-order valence-electron chi connectivity index (χ0n) is 6.63. The number of nitriles is 1. The van der Waals surface area contributed by atoms with Crippen molar-refractivity contribution in [1.82, 2.24) is 0 Å². The number of hydrogen-bond donors (Lipinski definition) is 1. The molecule has 0 saturated heterocycles. The molecular weight excluding hydrogens is 156 g/mol. The summed E-state index contributed by atoms with van der Waals surface area (Å²) in [4.78, 5) is 11.0. The van der Waals surface area contributed by atoms with Gasteiger partial charge in [0, 0.05) is 6.07 Å².